The molecule has 0 saturated carbocycles. The molecule has 3 heteroatoms. The molecule has 0 amide bonds. The van der Waals surface area contributed by atoms with E-state index in [0.29, 0.717) is 0 Å². The zero-order valence-electron chi connectivity index (χ0n) is 11.1. The molecule has 0 heterocycles. The van der Waals surface area contributed by atoms with Gasteiger partial charge in [-0.05, 0) is 30.2 Å². The Morgan fingerprint density at radius 3 is 2.53 bits per heavy atom. The van der Waals surface area contributed by atoms with Crippen LogP contribution in [0.25, 0.3) is 0 Å². The second-order valence-corrected chi connectivity index (χ2v) is 4.91. The molecule has 0 atom stereocenters. The molecule has 0 bridgehead atoms. The van der Waals surface area contributed by atoms with Crippen molar-refractivity contribution >= 4 is 17.3 Å². The standard InChI is InChI=1S/C16H19ClN2/c1-13-15(17)8-5-9-16(13)19-11-10-18-12-14-6-3-2-4-7-14/h2-9,18-19H,10-12H2,1H3. The first-order valence-corrected chi connectivity index (χ1v) is 6.89. The summed E-state index contributed by atoms with van der Waals surface area (Å²) in [6.07, 6.45) is 0. The van der Waals surface area contributed by atoms with Crippen LogP contribution in [0.1, 0.15) is 11.1 Å². The van der Waals surface area contributed by atoms with Gasteiger partial charge in [0.25, 0.3) is 0 Å². The summed E-state index contributed by atoms with van der Waals surface area (Å²) in [5.41, 5.74) is 3.52. The highest BCUT2D eigenvalue weighted by atomic mass is 35.5. The quantitative estimate of drug-likeness (QED) is 0.782. The normalized spacial score (nSPS) is 10.4. The van der Waals surface area contributed by atoms with E-state index in [4.69, 9.17) is 11.6 Å². The Kier molecular flexibility index (Phi) is 5.25. The van der Waals surface area contributed by atoms with Crippen LogP contribution in [0.5, 0.6) is 0 Å². The van der Waals surface area contributed by atoms with Crippen molar-refractivity contribution < 1.29 is 0 Å². The van der Waals surface area contributed by atoms with Gasteiger partial charge in [0.2, 0.25) is 0 Å². The molecule has 0 saturated heterocycles. The van der Waals surface area contributed by atoms with E-state index in [-0.39, 0.29) is 0 Å². The first-order valence-electron chi connectivity index (χ1n) is 6.51. The van der Waals surface area contributed by atoms with E-state index < -0.39 is 0 Å². The molecule has 2 rings (SSSR count). The molecule has 2 nitrogen and oxygen atoms in total. The van der Waals surface area contributed by atoms with Gasteiger partial charge < -0.3 is 10.6 Å². The monoisotopic (exact) mass is 274 g/mol. The zero-order chi connectivity index (χ0) is 13.5. The average Bonchev–Trinajstić information content (AvgIpc) is 2.44. The third-order valence-corrected chi connectivity index (χ3v) is 3.47. The minimum atomic E-state index is 0.808. The maximum absolute atomic E-state index is 6.08. The molecule has 2 aromatic rings. The topological polar surface area (TPSA) is 24.1 Å². The Hall–Kier alpha value is -1.51. The maximum atomic E-state index is 6.08. The minimum Gasteiger partial charge on any atom is -0.384 e. The number of hydrogen-bond donors (Lipinski definition) is 2. The summed E-state index contributed by atoms with van der Waals surface area (Å²) in [7, 11) is 0. The van der Waals surface area contributed by atoms with E-state index in [9.17, 15) is 0 Å². The van der Waals surface area contributed by atoms with Crippen molar-refractivity contribution in [2.75, 3.05) is 18.4 Å². The number of anilines is 1. The van der Waals surface area contributed by atoms with E-state index in [0.717, 1.165) is 35.9 Å². The lowest BCUT2D eigenvalue weighted by Gasteiger charge is -2.11. The van der Waals surface area contributed by atoms with Crippen molar-refractivity contribution in [1.29, 1.82) is 0 Å². The fourth-order valence-electron chi connectivity index (χ4n) is 1.91. The van der Waals surface area contributed by atoms with E-state index >= 15 is 0 Å². The first kappa shape index (κ1) is 13.9. The fourth-order valence-corrected chi connectivity index (χ4v) is 2.09. The van der Waals surface area contributed by atoms with Gasteiger partial charge in [-0.3, -0.25) is 0 Å². The van der Waals surface area contributed by atoms with Crippen molar-refractivity contribution in [3.8, 4) is 0 Å². The van der Waals surface area contributed by atoms with Gasteiger partial charge in [-0.1, -0.05) is 48.0 Å². The van der Waals surface area contributed by atoms with Gasteiger partial charge in [0.05, 0.1) is 0 Å². The number of benzene rings is 2. The molecule has 0 unspecified atom stereocenters. The summed E-state index contributed by atoms with van der Waals surface area (Å²) >= 11 is 6.08. The van der Waals surface area contributed by atoms with Crippen LogP contribution in [0.3, 0.4) is 0 Å². The Bertz CT molecular complexity index is 511. The lowest BCUT2D eigenvalue weighted by atomic mass is 10.2. The molecule has 0 radical (unpaired) electrons. The van der Waals surface area contributed by atoms with E-state index in [1.807, 2.05) is 25.1 Å². The largest absolute Gasteiger partial charge is 0.384 e. The number of halogens is 1. The van der Waals surface area contributed by atoms with Gasteiger partial charge in [-0.25, -0.2) is 0 Å². The van der Waals surface area contributed by atoms with Gasteiger partial charge in [-0.2, -0.15) is 0 Å². The molecule has 0 aromatic heterocycles. The molecule has 0 aliphatic rings. The molecular weight excluding hydrogens is 256 g/mol. The highest BCUT2D eigenvalue weighted by molar-refractivity contribution is 6.31. The second kappa shape index (κ2) is 7.17. The second-order valence-electron chi connectivity index (χ2n) is 4.50. The number of nitrogens with one attached hydrogen (secondary N) is 2. The lowest BCUT2D eigenvalue weighted by Crippen LogP contribution is -2.22. The molecule has 0 fully saturated rings. The maximum Gasteiger partial charge on any atom is 0.0455 e. The summed E-state index contributed by atoms with van der Waals surface area (Å²) in [5.74, 6) is 0. The minimum absolute atomic E-state index is 0.808. The average molecular weight is 275 g/mol. The molecule has 0 aliphatic heterocycles. The third-order valence-electron chi connectivity index (χ3n) is 3.06. The Morgan fingerprint density at radius 2 is 1.74 bits per heavy atom. The zero-order valence-corrected chi connectivity index (χ0v) is 11.9. The van der Waals surface area contributed by atoms with E-state index in [1.54, 1.807) is 0 Å². The van der Waals surface area contributed by atoms with Gasteiger partial charge in [0.15, 0.2) is 0 Å². The number of hydrogen-bond acceptors (Lipinski definition) is 2. The Balaban J connectivity index is 1.71. The molecule has 19 heavy (non-hydrogen) atoms. The molecule has 2 N–H and O–H groups in total. The van der Waals surface area contributed by atoms with Crippen LogP contribution in [0.15, 0.2) is 48.5 Å². The van der Waals surface area contributed by atoms with E-state index in [2.05, 4.69) is 41.0 Å². The Labute approximate surface area is 119 Å². The third kappa shape index (κ3) is 4.27. The summed E-state index contributed by atoms with van der Waals surface area (Å²) in [5, 5.41) is 7.61. The van der Waals surface area contributed by atoms with Crippen molar-refractivity contribution in [3.05, 3.63) is 64.7 Å². The summed E-state index contributed by atoms with van der Waals surface area (Å²) < 4.78 is 0. The van der Waals surface area contributed by atoms with Crippen LogP contribution in [0.4, 0.5) is 5.69 Å². The molecule has 2 aromatic carbocycles. The SMILES string of the molecule is Cc1c(Cl)cccc1NCCNCc1ccccc1. The van der Waals surface area contributed by atoms with Crippen molar-refractivity contribution in [2.24, 2.45) is 0 Å². The van der Waals surface area contributed by atoms with Crippen molar-refractivity contribution in [3.63, 3.8) is 0 Å². The Morgan fingerprint density at radius 1 is 0.947 bits per heavy atom. The summed E-state index contributed by atoms with van der Waals surface area (Å²) in [6.45, 7) is 4.73. The molecule has 0 aliphatic carbocycles. The van der Waals surface area contributed by atoms with Crippen LogP contribution in [-0.2, 0) is 6.54 Å². The first-order chi connectivity index (χ1) is 9.27. The molecule has 0 spiro atoms. The van der Waals surface area contributed by atoms with Crippen LogP contribution in [0.2, 0.25) is 5.02 Å². The number of rotatable bonds is 6. The molecular formula is C16H19ClN2. The van der Waals surface area contributed by atoms with E-state index in [1.165, 1.54) is 5.56 Å². The lowest BCUT2D eigenvalue weighted by molar-refractivity contribution is 0.707. The van der Waals surface area contributed by atoms with Gasteiger partial charge >= 0.3 is 0 Å². The highest BCUT2D eigenvalue weighted by Gasteiger charge is 2.00. The van der Waals surface area contributed by atoms with Crippen LogP contribution >= 0.6 is 11.6 Å². The van der Waals surface area contributed by atoms with Gasteiger partial charge in [0.1, 0.15) is 0 Å². The summed E-state index contributed by atoms with van der Waals surface area (Å²) in [6, 6.07) is 16.3. The summed E-state index contributed by atoms with van der Waals surface area (Å²) in [4.78, 5) is 0. The van der Waals surface area contributed by atoms with Crippen molar-refractivity contribution in [2.45, 2.75) is 13.5 Å². The van der Waals surface area contributed by atoms with Crippen molar-refractivity contribution in [1.82, 2.24) is 5.32 Å². The fraction of sp³-hybridized carbons (Fsp3) is 0.250. The van der Waals surface area contributed by atoms with Gasteiger partial charge in [-0.15, -0.1) is 0 Å². The van der Waals surface area contributed by atoms with Crippen LogP contribution in [0, 0.1) is 6.92 Å². The predicted molar refractivity (Wildman–Crippen MR) is 82.8 cm³/mol. The van der Waals surface area contributed by atoms with Gasteiger partial charge in [0, 0.05) is 30.3 Å². The van der Waals surface area contributed by atoms with Crippen LogP contribution < -0.4 is 10.6 Å². The smallest absolute Gasteiger partial charge is 0.0455 e. The van der Waals surface area contributed by atoms with Crippen LogP contribution in [-0.4, -0.2) is 13.1 Å². The highest BCUT2D eigenvalue weighted by Crippen LogP contribution is 2.22. The molecule has 100 valence electrons. The predicted octanol–water partition coefficient (Wildman–Crippen LogP) is 3.85.